The summed E-state index contributed by atoms with van der Waals surface area (Å²) in [6, 6.07) is 0. The van der Waals surface area contributed by atoms with E-state index in [1.165, 1.54) is 0 Å². The summed E-state index contributed by atoms with van der Waals surface area (Å²) in [5.41, 5.74) is 4.65. The topological polar surface area (TPSA) is 55.5 Å². The highest BCUT2D eigenvalue weighted by molar-refractivity contribution is 4.95. The highest BCUT2D eigenvalue weighted by atomic mass is 16.5. The molecule has 3 heteroatoms. The van der Waals surface area contributed by atoms with Crippen molar-refractivity contribution < 1.29 is 9.84 Å². The van der Waals surface area contributed by atoms with Gasteiger partial charge in [0.15, 0.2) is 0 Å². The second-order valence-corrected chi connectivity index (χ2v) is 4.98. The lowest BCUT2D eigenvalue weighted by atomic mass is 9.98. The normalized spacial score (nSPS) is 22.1. The molecule has 1 saturated carbocycles. The van der Waals surface area contributed by atoms with Gasteiger partial charge in [-0.2, -0.15) is 0 Å². The Hall–Kier alpha value is -0.120. The molecule has 1 unspecified atom stereocenters. The molecule has 3 N–H and O–H groups in total. The van der Waals surface area contributed by atoms with Gasteiger partial charge in [-0.3, -0.25) is 0 Å². The molecule has 0 saturated heterocycles. The van der Waals surface area contributed by atoms with Gasteiger partial charge < -0.3 is 15.6 Å². The lowest BCUT2D eigenvalue weighted by Crippen LogP contribution is -2.46. The molecule has 3 nitrogen and oxygen atoms in total. The fraction of sp³-hybridized carbons (Fsp3) is 1.00. The number of rotatable bonds is 6. The van der Waals surface area contributed by atoms with Crippen LogP contribution in [0.1, 0.15) is 40.0 Å². The Morgan fingerprint density at radius 1 is 1.43 bits per heavy atom. The Labute approximate surface area is 86.6 Å². The van der Waals surface area contributed by atoms with Gasteiger partial charge in [-0.1, -0.05) is 6.92 Å². The van der Waals surface area contributed by atoms with Crippen LogP contribution in [-0.4, -0.2) is 29.5 Å². The van der Waals surface area contributed by atoms with Crippen LogP contribution in [0.15, 0.2) is 0 Å². The minimum Gasteiger partial charge on any atom is -0.386 e. The molecule has 1 aliphatic carbocycles. The van der Waals surface area contributed by atoms with Crippen molar-refractivity contribution in [1.29, 1.82) is 0 Å². The highest BCUT2D eigenvalue weighted by Gasteiger charge is 2.43. The van der Waals surface area contributed by atoms with E-state index >= 15 is 0 Å². The van der Waals surface area contributed by atoms with E-state index in [0.29, 0.717) is 19.1 Å². The monoisotopic (exact) mass is 201 g/mol. The molecule has 0 spiro atoms. The van der Waals surface area contributed by atoms with Crippen molar-refractivity contribution >= 4 is 0 Å². The molecule has 14 heavy (non-hydrogen) atoms. The van der Waals surface area contributed by atoms with Crippen molar-refractivity contribution in [3.8, 4) is 0 Å². The third kappa shape index (κ3) is 2.94. The predicted octanol–water partition coefficient (Wildman–Crippen LogP) is 1.29. The minimum atomic E-state index is -0.785. The second kappa shape index (κ2) is 4.17. The van der Waals surface area contributed by atoms with Gasteiger partial charge in [0.2, 0.25) is 0 Å². The zero-order valence-electron chi connectivity index (χ0n) is 9.55. The average molecular weight is 201 g/mol. The van der Waals surface area contributed by atoms with Crippen molar-refractivity contribution in [1.82, 2.24) is 0 Å². The molecular formula is C11H23NO2. The molecule has 0 aromatic carbocycles. The Morgan fingerprint density at radius 2 is 2.00 bits per heavy atom. The number of nitrogens with two attached hydrogens (primary N) is 1. The number of aliphatic hydroxyl groups is 1. The molecule has 0 radical (unpaired) electrons. The maximum absolute atomic E-state index is 10.2. The molecule has 0 amide bonds. The standard InChI is InChI=1S/C11H23NO2/c1-4-10(2,3)14-8-11(13,7-12)9-5-6-9/h9,13H,4-8,12H2,1-3H3. The van der Waals surface area contributed by atoms with E-state index in [2.05, 4.69) is 6.92 Å². The zero-order chi connectivity index (χ0) is 10.8. The average Bonchev–Trinajstić information content (AvgIpc) is 2.98. The molecule has 0 heterocycles. The lowest BCUT2D eigenvalue weighted by molar-refractivity contribution is -0.112. The third-order valence-corrected chi connectivity index (χ3v) is 3.26. The Kier molecular flexibility index (Phi) is 3.56. The number of hydrogen-bond donors (Lipinski definition) is 2. The molecule has 0 aliphatic heterocycles. The van der Waals surface area contributed by atoms with E-state index < -0.39 is 5.60 Å². The minimum absolute atomic E-state index is 0.155. The van der Waals surface area contributed by atoms with Crippen molar-refractivity contribution in [2.24, 2.45) is 11.7 Å². The maximum atomic E-state index is 10.2. The second-order valence-electron chi connectivity index (χ2n) is 4.98. The summed E-state index contributed by atoms with van der Waals surface area (Å²) in [4.78, 5) is 0. The number of hydrogen-bond acceptors (Lipinski definition) is 3. The van der Waals surface area contributed by atoms with E-state index in [-0.39, 0.29) is 5.60 Å². The van der Waals surface area contributed by atoms with E-state index in [1.54, 1.807) is 0 Å². The van der Waals surface area contributed by atoms with Crippen molar-refractivity contribution in [2.45, 2.75) is 51.2 Å². The molecule has 1 aliphatic rings. The summed E-state index contributed by atoms with van der Waals surface area (Å²) in [7, 11) is 0. The predicted molar refractivity (Wildman–Crippen MR) is 57.1 cm³/mol. The zero-order valence-corrected chi connectivity index (χ0v) is 9.55. The van der Waals surface area contributed by atoms with Crippen LogP contribution in [0, 0.1) is 5.92 Å². The van der Waals surface area contributed by atoms with Gasteiger partial charge in [0.1, 0.15) is 5.60 Å². The van der Waals surface area contributed by atoms with E-state index in [4.69, 9.17) is 10.5 Å². The van der Waals surface area contributed by atoms with Gasteiger partial charge in [0.05, 0.1) is 12.2 Å². The summed E-state index contributed by atoms with van der Waals surface area (Å²) in [6.45, 7) is 6.83. The van der Waals surface area contributed by atoms with Gasteiger partial charge >= 0.3 is 0 Å². The van der Waals surface area contributed by atoms with Gasteiger partial charge in [-0.05, 0) is 39.0 Å². The molecule has 0 bridgehead atoms. The molecular weight excluding hydrogens is 178 g/mol. The first-order valence-electron chi connectivity index (χ1n) is 5.50. The van der Waals surface area contributed by atoms with Crippen LogP contribution < -0.4 is 5.73 Å². The third-order valence-electron chi connectivity index (χ3n) is 3.26. The van der Waals surface area contributed by atoms with Gasteiger partial charge in [-0.25, -0.2) is 0 Å². The fourth-order valence-corrected chi connectivity index (χ4v) is 1.39. The van der Waals surface area contributed by atoms with Crippen molar-refractivity contribution in [3.05, 3.63) is 0 Å². The Bertz CT molecular complexity index is 190. The molecule has 0 aromatic rings. The van der Waals surface area contributed by atoms with Crippen LogP contribution in [0.4, 0.5) is 0 Å². The highest BCUT2D eigenvalue weighted by Crippen LogP contribution is 2.39. The number of ether oxygens (including phenoxy) is 1. The van der Waals surface area contributed by atoms with Crippen LogP contribution in [0.5, 0.6) is 0 Å². The summed E-state index contributed by atoms with van der Waals surface area (Å²) >= 11 is 0. The summed E-state index contributed by atoms with van der Waals surface area (Å²) < 4.78 is 5.71. The van der Waals surface area contributed by atoms with Crippen LogP contribution in [0.2, 0.25) is 0 Å². The summed E-state index contributed by atoms with van der Waals surface area (Å²) in [5.74, 6) is 0.361. The molecule has 1 atom stereocenters. The summed E-state index contributed by atoms with van der Waals surface area (Å²) in [6.07, 6.45) is 3.12. The van der Waals surface area contributed by atoms with Crippen LogP contribution in [-0.2, 0) is 4.74 Å². The Balaban J connectivity index is 2.41. The van der Waals surface area contributed by atoms with E-state index in [0.717, 1.165) is 19.3 Å². The fourth-order valence-electron chi connectivity index (χ4n) is 1.39. The first kappa shape index (κ1) is 12.0. The van der Waals surface area contributed by atoms with Crippen molar-refractivity contribution in [2.75, 3.05) is 13.2 Å². The summed E-state index contributed by atoms with van der Waals surface area (Å²) in [5, 5.41) is 10.2. The van der Waals surface area contributed by atoms with E-state index in [9.17, 15) is 5.11 Å². The Morgan fingerprint density at radius 3 is 2.36 bits per heavy atom. The molecule has 84 valence electrons. The molecule has 1 rings (SSSR count). The smallest absolute Gasteiger partial charge is 0.103 e. The van der Waals surface area contributed by atoms with Gasteiger partial charge in [0.25, 0.3) is 0 Å². The quantitative estimate of drug-likeness (QED) is 0.681. The van der Waals surface area contributed by atoms with Gasteiger partial charge in [0, 0.05) is 6.54 Å². The van der Waals surface area contributed by atoms with Gasteiger partial charge in [-0.15, -0.1) is 0 Å². The van der Waals surface area contributed by atoms with Crippen molar-refractivity contribution in [3.63, 3.8) is 0 Å². The largest absolute Gasteiger partial charge is 0.386 e. The maximum Gasteiger partial charge on any atom is 0.103 e. The lowest BCUT2D eigenvalue weighted by Gasteiger charge is -2.32. The molecule has 1 fully saturated rings. The first-order valence-corrected chi connectivity index (χ1v) is 5.50. The van der Waals surface area contributed by atoms with Crippen LogP contribution >= 0.6 is 0 Å². The van der Waals surface area contributed by atoms with E-state index in [1.807, 2.05) is 13.8 Å². The first-order chi connectivity index (χ1) is 6.43. The SMILES string of the molecule is CCC(C)(C)OCC(O)(CN)C1CC1. The van der Waals surface area contributed by atoms with Crippen LogP contribution in [0.3, 0.4) is 0 Å². The molecule has 0 aromatic heterocycles. The van der Waals surface area contributed by atoms with Crippen LogP contribution in [0.25, 0.3) is 0 Å².